The number of aryl methyl sites for hydroxylation is 1. The molecule has 74 valence electrons. The molecule has 0 aliphatic carbocycles. The van der Waals surface area contributed by atoms with Gasteiger partial charge in [0, 0.05) is 5.69 Å². The van der Waals surface area contributed by atoms with Crippen molar-refractivity contribution in [3.05, 3.63) is 41.5 Å². The Hall–Kier alpha value is -1.57. The summed E-state index contributed by atoms with van der Waals surface area (Å²) in [5, 5.41) is 2.83. The lowest BCUT2D eigenvalue weighted by molar-refractivity contribution is -0.111. The Bertz CT molecular complexity index is 367. The largest absolute Gasteiger partial charge is 0.322 e. The van der Waals surface area contributed by atoms with Gasteiger partial charge in [-0.2, -0.15) is 0 Å². The lowest BCUT2D eigenvalue weighted by Crippen LogP contribution is -2.09. The van der Waals surface area contributed by atoms with Gasteiger partial charge in [0.2, 0.25) is 5.91 Å². The molecule has 0 saturated carbocycles. The maximum atomic E-state index is 11.3. The van der Waals surface area contributed by atoms with Crippen LogP contribution in [0.1, 0.15) is 18.1 Å². The number of allylic oxidation sites excluding steroid dienone is 1. The van der Waals surface area contributed by atoms with Crippen molar-refractivity contribution in [3.63, 3.8) is 0 Å². The summed E-state index contributed by atoms with van der Waals surface area (Å²) in [6, 6.07) is 5.87. The van der Waals surface area contributed by atoms with Gasteiger partial charge < -0.3 is 5.32 Å². The van der Waals surface area contributed by atoms with Gasteiger partial charge in [-0.3, -0.25) is 4.79 Å². The van der Waals surface area contributed by atoms with Crippen LogP contribution >= 0.6 is 0 Å². The molecule has 1 rings (SSSR count). The van der Waals surface area contributed by atoms with Crippen molar-refractivity contribution < 1.29 is 4.79 Å². The summed E-state index contributed by atoms with van der Waals surface area (Å²) in [6.07, 6.45) is 3.24. The van der Waals surface area contributed by atoms with E-state index in [0.29, 0.717) is 0 Å². The SMILES string of the molecule is C/C=C/C(=O)Nc1cccc(C)c1C. The molecule has 0 heterocycles. The Morgan fingerprint density at radius 1 is 1.36 bits per heavy atom. The van der Waals surface area contributed by atoms with Crippen LogP contribution in [0.5, 0.6) is 0 Å². The van der Waals surface area contributed by atoms with Crippen LogP contribution in [0.4, 0.5) is 5.69 Å². The minimum absolute atomic E-state index is 0.0822. The minimum atomic E-state index is -0.0822. The Labute approximate surface area is 84.6 Å². The number of hydrogen-bond acceptors (Lipinski definition) is 1. The van der Waals surface area contributed by atoms with Gasteiger partial charge in [0.25, 0.3) is 0 Å². The van der Waals surface area contributed by atoms with Crippen LogP contribution in [0.25, 0.3) is 0 Å². The fourth-order valence-corrected chi connectivity index (χ4v) is 1.21. The van der Waals surface area contributed by atoms with Gasteiger partial charge in [0.15, 0.2) is 0 Å². The molecule has 2 heteroatoms. The van der Waals surface area contributed by atoms with Crippen LogP contribution in [0.3, 0.4) is 0 Å². The summed E-state index contributed by atoms with van der Waals surface area (Å²) >= 11 is 0. The first-order valence-electron chi connectivity index (χ1n) is 4.65. The van der Waals surface area contributed by atoms with E-state index >= 15 is 0 Å². The van der Waals surface area contributed by atoms with Gasteiger partial charge in [-0.05, 0) is 44.0 Å². The van der Waals surface area contributed by atoms with Gasteiger partial charge in [0.1, 0.15) is 0 Å². The topological polar surface area (TPSA) is 29.1 Å². The van der Waals surface area contributed by atoms with Gasteiger partial charge in [-0.15, -0.1) is 0 Å². The van der Waals surface area contributed by atoms with E-state index in [2.05, 4.69) is 5.32 Å². The number of carbonyl (C=O) groups excluding carboxylic acids is 1. The van der Waals surface area contributed by atoms with Crippen molar-refractivity contribution in [1.29, 1.82) is 0 Å². The molecule has 0 saturated heterocycles. The highest BCUT2D eigenvalue weighted by Crippen LogP contribution is 2.17. The summed E-state index contributed by atoms with van der Waals surface area (Å²) in [5.74, 6) is -0.0822. The van der Waals surface area contributed by atoms with E-state index in [-0.39, 0.29) is 5.91 Å². The fraction of sp³-hybridized carbons (Fsp3) is 0.250. The highest BCUT2D eigenvalue weighted by atomic mass is 16.1. The van der Waals surface area contributed by atoms with Crippen LogP contribution in [-0.2, 0) is 4.79 Å². The van der Waals surface area contributed by atoms with E-state index in [0.717, 1.165) is 11.3 Å². The molecule has 0 spiro atoms. The standard InChI is InChI=1S/C12H15NO/c1-4-6-12(14)13-11-8-5-7-9(2)10(11)3/h4-8H,1-3H3,(H,13,14)/b6-4+. The summed E-state index contributed by atoms with van der Waals surface area (Å²) in [4.78, 5) is 11.3. The van der Waals surface area contributed by atoms with Crippen LogP contribution in [-0.4, -0.2) is 5.91 Å². The first kappa shape index (κ1) is 10.5. The quantitative estimate of drug-likeness (QED) is 0.712. The van der Waals surface area contributed by atoms with Crippen molar-refractivity contribution in [2.24, 2.45) is 0 Å². The predicted molar refractivity (Wildman–Crippen MR) is 59.4 cm³/mol. The number of nitrogens with one attached hydrogen (secondary N) is 1. The number of hydrogen-bond donors (Lipinski definition) is 1. The van der Waals surface area contributed by atoms with Crippen LogP contribution in [0.2, 0.25) is 0 Å². The molecule has 0 radical (unpaired) electrons. The molecular formula is C12H15NO. The third-order valence-electron chi connectivity index (χ3n) is 2.18. The molecular weight excluding hydrogens is 174 g/mol. The average Bonchev–Trinajstić information content (AvgIpc) is 2.13. The van der Waals surface area contributed by atoms with Gasteiger partial charge in [-0.25, -0.2) is 0 Å². The minimum Gasteiger partial charge on any atom is -0.322 e. The Morgan fingerprint density at radius 3 is 2.71 bits per heavy atom. The second-order valence-electron chi connectivity index (χ2n) is 3.24. The molecule has 1 aromatic rings. The molecule has 1 amide bonds. The Balaban J connectivity index is 2.87. The summed E-state index contributed by atoms with van der Waals surface area (Å²) in [5.41, 5.74) is 3.18. The first-order valence-corrected chi connectivity index (χ1v) is 4.65. The van der Waals surface area contributed by atoms with Crippen molar-refractivity contribution in [2.75, 3.05) is 5.32 Å². The number of anilines is 1. The maximum Gasteiger partial charge on any atom is 0.248 e. The lowest BCUT2D eigenvalue weighted by atomic mass is 10.1. The summed E-state index contributed by atoms with van der Waals surface area (Å²) in [6.45, 7) is 5.85. The lowest BCUT2D eigenvalue weighted by Gasteiger charge is -2.08. The number of rotatable bonds is 2. The second-order valence-corrected chi connectivity index (χ2v) is 3.24. The number of benzene rings is 1. The van der Waals surface area contributed by atoms with Gasteiger partial charge in [-0.1, -0.05) is 18.2 Å². The molecule has 14 heavy (non-hydrogen) atoms. The Morgan fingerprint density at radius 2 is 2.07 bits per heavy atom. The smallest absolute Gasteiger partial charge is 0.248 e. The van der Waals surface area contributed by atoms with E-state index in [4.69, 9.17) is 0 Å². The molecule has 0 aliphatic heterocycles. The molecule has 0 fully saturated rings. The zero-order valence-electron chi connectivity index (χ0n) is 8.79. The summed E-state index contributed by atoms with van der Waals surface area (Å²) < 4.78 is 0. The Kier molecular flexibility index (Phi) is 3.46. The molecule has 0 bridgehead atoms. The normalized spacial score (nSPS) is 10.5. The molecule has 0 aliphatic rings. The molecule has 1 N–H and O–H groups in total. The zero-order chi connectivity index (χ0) is 10.6. The third kappa shape index (κ3) is 2.46. The zero-order valence-corrected chi connectivity index (χ0v) is 8.79. The molecule has 0 unspecified atom stereocenters. The maximum absolute atomic E-state index is 11.3. The van der Waals surface area contributed by atoms with E-state index in [1.807, 2.05) is 39.0 Å². The molecule has 0 atom stereocenters. The highest BCUT2D eigenvalue weighted by Gasteiger charge is 2.02. The van der Waals surface area contributed by atoms with Crippen molar-refractivity contribution in [3.8, 4) is 0 Å². The van der Waals surface area contributed by atoms with E-state index in [9.17, 15) is 4.79 Å². The monoisotopic (exact) mass is 189 g/mol. The van der Waals surface area contributed by atoms with Crippen LogP contribution in [0.15, 0.2) is 30.4 Å². The second kappa shape index (κ2) is 4.61. The average molecular weight is 189 g/mol. The van der Waals surface area contributed by atoms with Crippen LogP contribution < -0.4 is 5.32 Å². The van der Waals surface area contributed by atoms with Crippen molar-refractivity contribution in [2.45, 2.75) is 20.8 Å². The molecule has 2 nitrogen and oxygen atoms in total. The van der Waals surface area contributed by atoms with Gasteiger partial charge in [0.05, 0.1) is 0 Å². The molecule has 0 aromatic heterocycles. The number of amides is 1. The third-order valence-corrected chi connectivity index (χ3v) is 2.18. The summed E-state index contributed by atoms with van der Waals surface area (Å²) in [7, 11) is 0. The van der Waals surface area contributed by atoms with Gasteiger partial charge >= 0.3 is 0 Å². The number of carbonyl (C=O) groups is 1. The van der Waals surface area contributed by atoms with Crippen LogP contribution in [0, 0.1) is 13.8 Å². The first-order chi connectivity index (χ1) is 6.65. The van der Waals surface area contributed by atoms with E-state index in [1.54, 1.807) is 6.08 Å². The van der Waals surface area contributed by atoms with Crippen molar-refractivity contribution >= 4 is 11.6 Å². The fourth-order valence-electron chi connectivity index (χ4n) is 1.21. The van der Waals surface area contributed by atoms with Crippen molar-refractivity contribution in [1.82, 2.24) is 0 Å². The molecule has 1 aromatic carbocycles. The van der Waals surface area contributed by atoms with E-state index < -0.39 is 0 Å². The van der Waals surface area contributed by atoms with E-state index in [1.165, 1.54) is 11.6 Å². The predicted octanol–water partition coefficient (Wildman–Crippen LogP) is 2.82. The highest BCUT2D eigenvalue weighted by molar-refractivity contribution is 5.99.